The zero-order valence-electron chi connectivity index (χ0n) is 10.5. The molecule has 1 aromatic carbocycles. The van der Waals surface area contributed by atoms with Crippen LogP contribution in [0.4, 0.5) is 5.69 Å². The summed E-state index contributed by atoms with van der Waals surface area (Å²) < 4.78 is 0. The second kappa shape index (κ2) is 4.39. The van der Waals surface area contributed by atoms with Crippen LogP contribution < -0.4 is 11.1 Å². The first kappa shape index (κ1) is 11.7. The lowest BCUT2D eigenvalue weighted by atomic mass is 10.0. The zero-order chi connectivity index (χ0) is 13.3. The minimum absolute atomic E-state index is 0.124. The van der Waals surface area contributed by atoms with Crippen LogP contribution in [0.1, 0.15) is 28.8 Å². The highest BCUT2D eigenvalue weighted by molar-refractivity contribution is 5.95. The minimum atomic E-state index is -0.205. The third kappa shape index (κ3) is 2.29. The van der Waals surface area contributed by atoms with E-state index in [0.29, 0.717) is 11.3 Å². The van der Waals surface area contributed by atoms with Gasteiger partial charge < -0.3 is 11.1 Å². The number of nitrogen functional groups attached to an aromatic ring is 1. The van der Waals surface area contributed by atoms with Crippen LogP contribution in [0.15, 0.2) is 48.8 Å². The number of carbonyl (C=O) groups excluding carboxylic acids is 1. The lowest BCUT2D eigenvalue weighted by Crippen LogP contribution is -2.34. The number of nitrogens with one attached hydrogen (secondary N) is 1. The highest BCUT2D eigenvalue weighted by Gasteiger charge is 2.45. The second-order valence-corrected chi connectivity index (χ2v) is 4.91. The van der Waals surface area contributed by atoms with Crippen molar-refractivity contribution in [3.8, 4) is 0 Å². The van der Waals surface area contributed by atoms with Crippen LogP contribution in [0.5, 0.6) is 0 Å². The van der Waals surface area contributed by atoms with Crippen LogP contribution in [0.25, 0.3) is 0 Å². The fourth-order valence-electron chi connectivity index (χ4n) is 2.24. The first-order valence-corrected chi connectivity index (χ1v) is 6.28. The molecule has 19 heavy (non-hydrogen) atoms. The van der Waals surface area contributed by atoms with Gasteiger partial charge in [-0.05, 0) is 24.5 Å². The van der Waals surface area contributed by atoms with Crippen LogP contribution in [0.2, 0.25) is 0 Å². The average molecular weight is 253 g/mol. The van der Waals surface area contributed by atoms with Crippen LogP contribution in [-0.4, -0.2) is 10.9 Å². The first-order chi connectivity index (χ1) is 9.20. The molecule has 0 aliphatic heterocycles. The number of carbonyl (C=O) groups is 1. The Bertz CT molecular complexity index is 606. The average Bonchev–Trinajstić information content (AvgIpc) is 3.21. The quantitative estimate of drug-likeness (QED) is 0.880. The molecule has 2 aromatic rings. The molecule has 0 unspecified atom stereocenters. The summed E-state index contributed by atoms with van der Waals surface area (Å²) in [4.78, 5) is 16.2. The number of benzene rings is 1. The van der Waals surface area contributed by atoms with Gasteiger partial charge in [0.1, 0.15) is 0 Å². The molecule has 3 rings (SSSR count). The van der Waals surface area contributed by atoms with Crippen molar-refractivity contribution < 1.29 is 4.79 Å². The highest BCUT2D eigenvalue weighted by atomic mass is 16.1. The maximum absolute atomic E-state index is 12.2. The van der Waals surface area contributed by atoms with Crippen LogP contribution in [0, 0.1) is 0 Å². The smallest absolute Gasteiger partial charge is 0.253 e. The lowest BCUT2D eigenvalue weighted by molar-refractivity contribution is 0.0930. The van der Waals surface area contributed by atoms with E-state index in [1.807, 2.05) is 30.3 Å². The summed E-state index contributed by atoms with van der Waals surface area (Å²) in [5.74, 6) is -0.124. The topological polar surface area (TPSA) is 68.0 Å². The Morgan fingerprint density at radius 3 is 2.58 bits per heavy atom. The predicted molar refractivity (Wildman–Crippen MR) is 73.5 cm³/mol. The van der Waals surface area contributed by atoms with Gasteiger partial charge in [-0.1, -0.05) is 30.3 Å². The monoisotopic (exact) mass is 253 g/mol. The van der Waals surface area contributed by atoms with E-state index in [-0.39, 0.29) is 11.4 Å². The normalized spacial score (nSPS) is 15.8. The summed E-state index contributed by atoms with van der Waals surface area (Å²) in [6, 6.07) is 11.7. The molecular weight excluding hydrogens is 238 g/mol. The van der Waals surface area contributed by atoms with Gasteiger partial charge in [-0.2, -0.15) is 0 Å². The number of rotatable bonds is 3. The van der Waals surface area contributed by atoms with Gasteiger partial charge >= 0.3 is 0 Å². The molecule has 1 fully saturated rings. The maximum atomic E-state index is 12.2. The molecule has 4 heteroatoms. The van der Waals surface area contributed by atoms with E-state index in [1.165, 1.54) is 12.4 Å². The zero-order valence-corrected chi connectivity index (χ0v) is 10.5. The van der Waals surface area contributed by atoms with Crippen LogP contribution >= 0.6 is 0 Å². The van der Waals surface area contributed by atoms with Crippen molar-refractivity contribution in [2.45, 2.75) is 18.4 Å². The summed E-state index contributed by atoms with van der Waals surface area (Å²) in [5, 5.41) is 3.09. The third-order valence-electron chi connectivity index (χ3n) is 3.45. The molecule has 0 bridgehead atoms. The van der Waals surface area contributed by atoms with Crippen LogP contribution in [0.3, 0.4) is 0 Å². The molecule has 96 valence electrons. The van der Waals surface area contributed by atoms with E-state index in [1.54, 1.807) is 6.07 Å². The molecule has 0 spiro atoms. The van der Waals surface area contributed by atoms with Crippen LogP contribution in [-0.2, 0) is 5.54 Å². The number of hydrogen-bond acceptors (Lipinski definition) is 3. The van der Waals surface area contributed by atoms with E-state index in [9.17, 15) is 4.79 Å². The Kier molecular flexibility index (Phi) is 2.71. The predicted octanol–water partition coefficient (Wildman–Crippen LogP) is 2.08. The molecule has 1 heterocycles. The van der Waals surface area contributed by atoms with Gasteiger partial charge in [0.05, 0.1) is 16.8 Å². The van der Waals surface area contributed by atoms with Gasteiger partial charge in [-0.15, -0.1) is 0 Å². The standard InChI is InChI=1S/C15H15N3O/c16-13-8-11(9-17-10-13)14(19)18-15(6-7-15)12-4-2-1-3-5-12/h1-5,8-10H,6-7,16H2,(H,18,19). The number of anilines is 1. The largest absolute Gasteiger partial charge is 0.397 e. The molecule has 0 radical (unpaired) electrons. The molecule has 3 N–H and O–H groups in total. The summed E-state index contributed by atoms with van der Waals surface area (Å²) in [7, 11) is 0. The molecule has 1 amide bonds. The number of pyridine rings is 1. The van der Waals surface area contributed by atoms with E-state index >= 15 is 0 Å². The molecule has 1 aromatic heterocycles. The van der Waals surface area contributed by atoms with E-state index in [4.69, 9.17) is 5.73 Å². The Hall–Kier alpha value is -2.36. The van der Waals surface area contributed by atoms with Crippen molar-refractivity contribution in [1.29, 1.82) is 0 Å². The molecule has 4 nitrogen and oxygen atoms in total. The van der Waals surface area contributed by atoms with Gasteiger partial charge in [-0.25, -0.2) is 0 Å². The first-order valence-electron chi connectivity index (χ1n) is 6.28. The SMILES string of the molecule is Nc1cncc(C(=O)NC2(c3ccccc3)CC2)c1. The molecular formula is C15H15N3O. The van der Waals surface area contributed by atoms with Crippen molar-refractivity contribution in [3.63, 3.8) is 0 Å². The van der Waals surface area contributed by atoms with E-state index < -0.39 is 0 Å². The summed E-state index contributed by atoms with van der Waals surface area (Å²) >= 11 is 0. The summed E-state index contributed by atoms with van der Waals surface area (Å²) in [6.07, 6.45) is 5.00. The summed E-state index contributed by atoms with van der Waals surface area (Å²) in [6.45, 7) is 0. The second-order valence-electron chi connectivity index (χ2n) is 4.91. The number of amides is 1. The van der Waals surface area contributed by atoms with Crippen molar-refractivity contribution in [2.75, 3.05) is 5.73 Å². The molecule has 0 saturated heterocycles. The maximum Gasteiger partial charge on any atom is 0.253 e. The third-order valence-corrected chi connectivity index (χ3v) is 3.45. The minimum Gasteiger partial charge on any atom is -0.397 e. The Morgan fingerprint density at radius 2 is 1.95 bits per heavy atom. The van der Waals surface area contributed by atoms with Crippen molar-refractivity contribution in [1.82, 2.24) is 10.3 Å². The van der Waals surface area contributed by atoms with Crippen molar-refractivity contribution >= 4 is 11.6 Å². The number of nitrogens with two attached hydrogens (primary N) is 1. The fraction of sp³-hybridized carbons (Fsp3) is 0.200. The Balaban J connectivity index is 1.81. The van der Waals surface area contributed by atoms with Gasteiger partial charge in [0.25, 0.3) is 5.91 Å². The highest BCUT2D eigenvalue weighted by Crippen LogP contribution is 2.45. The molecule has 0 atom stereocenters. The molecule has 1 saturated carbocycles. The van der Waals surface area contributed by atoms with Gasteiger partial charge in [0.15, 0.2) is 0 Å². The van der Waals surface area contributed by atoms with Crippen molar-refractivity contribution in [2.24, 2.45) is 0 Å². The number of aromatic nitrogens is 1. The molecule has 1 aliphatic rings. The Morgan fingerprint density at radius 1 is 1.21 bits per heavy atom. The number of hydrogen-bond donors (Lipinski definition) is 2. The Labute approximate surface area is 111 Å². The van der Waals surface area contributed by atoms with Gasteiger partial charge in [0, 0.05) is 12.4 Å². The van der Waals surface area contributed by atoms with E-state index in [2.05, 4.69) is 10.3 Å². The summed E-state index contributed by atoms with van der Waals surface area (Å²) in [5.41, 5.74) is 7.59. The number of nitrogens with zero attached hydrogens (tertiary/aromatic N) is 1. The lowest BCUT2D eigenvalue weighted by Gasteiger charge is -2.18. The molecule has 1 aliphatic carbocycles. The van der Waals surface area contributed by atoms with E-state index in [0.717, 1.165) is 18.4 Å². The van der Waals surface area contributed by atoms with Crippen molar-refractivity contribution in [3.05, 3.63) is 59.9 Å². The fourth-order valence-corrected chi connectivity index (χ4v) is 2.24. The van der Waals surface area contributed by atoms with Gasteiger partial charge in [-0.3, -0.25) is 9.78 Å². The van der Waals surface area contributed by atoms with Gasteiger partial charge in [0.2, 0.25) is 0 Å².